The van der Waals surface area contributed by atoms with Crippen molar-refractivity contribution in [3.8, 4) is 0 Å². The number of benzene rings is 1. The molecule has 0 unspecified atom stereocenters. The molecule has 0 aromatic heterocycles. The Morgan fingerprint density at radius 1 is 1.37 bits per heavy atom. The molecule has 2 rings (SSSR count). The fourth-order valence-electron chi connectivity index (χ4n) is 2.18. The largest absolute Gasteiger partial charge is 0.315 e. The average molecular weight is 323 g/mol. The van der Waals surface area contributed by atoms with Gasteiger partial charge in [0, 0.05) is 24.7 Å². The summed E-state index contributed by atoms with van der Waals surface area (Å²) in [7, 11) is -1.99. The maximum atomic E-state index is 12.5. The minimum absolute atomic E-state index is 0.0366. The fraction of sp³-hybridized carbons (Fsp3) is 0.500. The second-order valence-corrected chi connectivity index (χ2v) is 7.41. The molecule has 0 aliphatic carbocycles. The minimum atomic E-state index is -3.58. The zero-order valence-corrected chi connectivity index (χ0v) is 12.9. The van der Waals surface area contributed by atoms with Gasteiger partial charge in [0.25, 0.3) is 0 Å². The number of rotatable bonds is 3. The van der Waals surface area contributed by atoms with Gasteiger partial charge in [-0.1, -0.05) is 23.2 Å². The van der Waals surface area contributed by atoms with E-state index in [-0.39, 0.29) is 16.0 Å². The summed E-state index contributed by atoms with van der Waals surface area (Å²) >= 11 is 11.8. The van der Waals surface area contributed by atoms with Gasteiger partial charge in [-0.25, -0.2) is 8.42 Å². The molecular formula is C12H16Cl2N2O2S. The van der Waals surface area contributed by atoms with Crippen LogP contribution in [0, 0.1) is 0 Å². The van der Waals surface area contributed by atoms with E-state index in [1.165, 1.54) is 22.5 Å². The van der Waals surface area contributed by atoms with Crippen LogP contribution in [0.3, 0.4) is 0 Å². The van der Waals surface area contributed by atoms with Crippen LogP contribution in [0.15, 0.2) is 23.1 Å². The van der Waals surface area contributed by atoms with Gasteiger partial charge < -0.3 is 5.32 Å². The Kier molecular flexibility index (Phi) is 4.74. The number of halogens is 2. The lowest BCUT2D eigenvalue weighted by Crippen LogP contribution is -2.46. The van der Waals surface area contributed by atoms with Crippen molar-refractivity contribution in [3.63, 3.8) is 0 Å². The third kappa shape index (κ3) is 3.23. The second kappa shape index (κ2) is 5.97. The second-order valence-electron chi connectivity index (χ2n) is 4.60. The topological polar surface area (TPSA) is 49.4 Å². The lowest BCUT2D eigenvalue weighted by molar-refractivity contribution is 0.300. The number of hydrogen-bond acceptors (Lipinski definition) is 3. The quantitative estimate of drug-likeness (QED) is 0.929. The van der Waals surface area contributed by atoms with Crippen molar-refractivity contribution < 1.29 is 8.42 Å². The lowest BCUT2D eigenvalue weighted by atomic mass is 10.1. The predicted octanol–water partition coefficient (Wildman–Crippen LogP) is 2.37. The Labute approximate surface area is 123 Å². The molecule has 7 heteroatoms. The maximum absolute atomic E-state index is 12.5. The van der Waals surface area contributed by atoms with E-state index >= 15 is 0 Å². The van der Waals surface area contributed by atoms with Crippen LogP contribution in [0.2, 0.25) is 10.0 Å². The molecule has 1 aliphatic heterocycles. The molecule has 1 N–H and O–H groups in total. The first-order valence-electron chi connectivity index (χ1n) is 6.07. The monoisotopic (exact) mass is 322 g/mol. The van der Waals surface area contributed by atoms with Crippen LogP contribution >= 0.6 is 23.2 Å². The molecule has 1 aromatic carbocycles. The lowest BCUT2D eigenvalue weighted by Gasteiger charge is -2.31. The van der Waals surface area contributed by atoms with Gasteiger partial charge in [-0.05, 0) is 37.6 Å². The summed E-state index contributed by atoms with van der Waals surface area (Å²) in [5.74, 6) is 0. The standard InChI is InChI=1S/C12H16Cl2N2O2S/c1-16(10-3-2-6-15-8-10)19(17,18)12-5-4-9(13)7-11(12)14/h4-5,7,10,15H,2-3,6,8H2,1H3/t10-/m1/s1. The van der Waals surface area contributed by atoms with E-state index in [2.05, 4.69) is 5.32 Å². The molecule has 106 valence electrons. The Balaban J connectivity index is 2.30. The molecule has 1 saturated heterocycles. The maximum Gasteiger partial charge on any atom is 0.244 e. The summed E-state index contributed by atoms with van der Waals surface area (Å²) in [4.78, 5) is 0.103. The summed E-state index contributed by atoms with van der Waals surface area (Å²) in [5, 5.41) is 3.78. The average Bonchev–Trinajstić information content (AvgIpc) is 2.38. The van der Waals surface area contributed by atoms with Gasteiger partial charge in [0.05, 0.1) is 5.02 Å². The van der Waals surface area contributed by atoms with E-state index in [1.54, 1.807) is 7.05 Å². The Morgan fingerprint density at radius 3 is 2.68 bits per heavy atom. The molecule has 1 aromatic rings. The minimum Gasteiger partial charge on any atom is -0.315 e. The molecule has 0 spiro atoms. The molecule has 1 fully saturated rings. The summed E-state index contributed by atoms with van der Waals surface area (Å²) in [6.07, 6.45) is 1.83. The zero-order valence-electron chi connectivity index (χ0n) is 10.6. The fourth-order valence-corrected chi connectivity index (χ4v) is 4.31. The van der Waals surface area contributed by atoms with E-state index in [4.69, 9.17) is 23.2 Å². The highest BCUT2D eigenvalue weighted by molar-refractivity contribution is 7.89. The van der Waals surface area contributed by atoms with Gasteiger partial charge in [-0.3, -0.25) is 0 Å². The van der Waals surface area contributed by atoms with Crippen LogP contribution in [0.25, 0.3) is 0 Å². The van der Waals surface area contributed by atoms with Crippen LogP contribution in [0.5, 0.6) is 0 Å². The van der Waals surface area contributed by atoms with Crippen molar-refractivity contribution in [2.45, 2.75) is 23.8 Å². The van der Waals surface area contributed by atoms with Crippen molar-refractivity contribution in [1.29, 1.82) is 0 Å². The van der Waals surface area contributed by atoms with E-state index in [0.717, 1.165) is 19.4 Å². The molecular weight excluding hydrogens is 307 g/mol. The Bertz CT molecular complexity index is 557. The Morgan fingerprint density at radius 2 is 2.11 bits per heavy atom. The molecule has 1 heterocycles. The third-order valence-corrected chi connectivity index (χ3v) is 5.96. The van der Waals surface area contributed by atoms with Crippen LogP contribution in [0.1, 0.15) is 12.8 Å². The molecule has 0 radical (unpaired) electrons. The van der Waals surface area contributed by atoms with Crippen molar-refractivity contribution >= 4 is 33.2 Å². The number of nitrogens with one attached hydrogen (secondary N) is 1. The predicted molar refractivity (Wildman–Crippen MR) is 77.3 cm³/mol. The summed E-state index contributed by atoms with van der Waals surface area (Å²) in [6, 6.07) is 4.40. The van der Waals surface area contributed by atoms with E-state index in [1.807, 2.05) is 0 Å². The zero-order chi connectivity index (χ0) is 14.0. The molecule has 0 bridgehead atoms. The number of likely N-dealkylation sites (N-methyl/N-ethyl adjacent to an activating group) is 1. The van der Waals surface area contributed by atoms with E-state index in [0.29, 0.717) is 11.6 Å². The van der Waals surface area contributed by atoms with Crippen molar-refractivity contribution in [3.05, 3.63) is 28.2 Å². The number of piperidine rings is 1. The van der Waals surface area contributed by atoms with Crippen LogP contribution < -0.4 is 5.32 Å². The van der Waals surface area contributed by atoms with Crippen molar-refractivity contribution in [2.24, 2.45) is 0 Å². The number of hydrogen-bond donors (Lipinski definition) is 1. The summed E-state index contributed by atoms with van der Waals surface area (Å²) in [5.41, 5.74) is 0. The van der Waals surface area contributed by atoms with Crippen LogP contribution in [-0.2, 0) is 10.0 Å². The molecule has 0 saturated carbocycles. The normalized spacial score (nSPS) is 20.7. The summed E-state index contributed by atoms with van der Waals surface area (Å²) in [6.45, 7) is 1.60. The van der Waals surface area contributed by atoms with Gasteiger partial charge in [-0.15, -0.1) is 0 Å². The summed E-state index contributed by atoms with van der Waals surface area (Å²) < 4.78 is 26.5. The molecule has 1 atom stereocenters. The van der Waals surface area contributed by atoms with Gasteiger partial charge in [0.1, 0.15) is 4.90 Å². The van der Waals surface area contributed by atoms with E-state index in [9.17, 15) is 8.42 Å². The molecule has 4 nitrogen and oxygen atoms in total. The van der Waals surface area contributed by atoms with Gasteiger partial charge in [0.2, 0.25) is 10.0 Å². The third-order valence-electron chi connectivity index (χ3n) is 3.34. The van der Waals surface area contributed by atoms with Crippen molar-refractivity contribution in [2.75, 3.05) is 20.1 Å². The SMILES string of the molecule is CN([C@@H]1CCCNC1)S(=O)(=O)c1ccc(Cl)cc1Cl. The molecule has 19 heavy (non-hydrogen) atoms. The number of nitrogens with zero attached hydrogens (tertiary/aromatic N) is 1. The first-order chi connectivity index (χ1) is 8.93. The molecule has 0 amide bonds. The van der Waals surface area contributed by atoms with Gasteiger partial charge >= 0.3 is 0 Å². The van der Waals surface area contributed by atoms with Crippen molar-refractivity contribution in [1.82, 2.24) is 9.62 Å². The highest BCUT2D eigenvalue weighted by atomic mass is 35.5. The molecule has 1 aliphatic rings. The first-order valence-corrected chi connectivity index (χ1v) is 8.26. The van der Waals surface area contributed by atoms with Crippen LogP contribution in [0.4, 0.5) is 0 Å². The Hall–Kier alpha value is -0.330. The van der Waals surface area contributed by atoms with Gasteiger partial charge in [0.15, 0.2) is 0 Å². The highest BCUT2D eigenvalue weighted by Gasteiger charge is 2.30. The number of sulfonamides is 1. The first kappa shape index (κ1) is 15.1. The van der Waals surface area contributed by atoms with Crippen LogP contribution in [-0.4, -0.2) is 38.9 Å². The highest BCUT2D eigenvalue weighted by Crippen LogP contribution is 2.28. The van der Waals surface area contributed by atoms with E-state index < -0.39 is 10.0 Å². The van der Waals surface area contributed by atoms with Gasteiger partial charge in [-0.2, -0.15) is 4.31 Å². The smallest absolute Gasteiger partial charge is 0.244 e.